The topological polar surface area (TPSA) is 23.5 Å². The number of nitrogens with zero attached hydrogens (tertiary/aromatic N) is 1. The summed E-state index contributed by atoms with van der Waals surface area (Å²) in [7, 11) is 0. The van der Waals surface area contributed by atoms with Gasteiger partial charge in [0.15, 0.2) is 0 Å². The highest BCUT2D eigenvalue weighted by Crippen LogP contribution is 2.31. The molecule has 0 amide bonds. The third-order valence-electron chi connectivity index (χ3n) is 3.68. The highest BCUT2D eigenvalue weighted by atomic mass is 16.3. The molecule has 16 heavy (non-hydrogen) atoms. The maximum absolute atomic E-state index is 9.50. The summed E-state index contributed by atoms with van der Waals surface area (Å²) in [5.41, 5.74) is 1.23. The molecule has 1 N–H and O–H groups in total. The van der Waals surface area contributed by atoms with Crippen molar-refractivity contribution in [3.63, 3.8) is 0 Å². The summed E-state index contributed by atoms with van der Waals surface area (Å²) in [6.45, 7) is 7.02. The minimum atomic E-state index is 0.191. The minimum Gasteiger partial charge on any atom is -0.394 e. The molecule has 0 aliphatic carbocycles. The number of hydrogen-bond acceptors (Lipinski definition) is 2. The van der Waals surface area contributed by atoms with Crippen molar-refractivity contribution in [2.75, 3.05) is 19.7 Å². The van der Waals surface area contributed by atoms with Crippen molar-refractivity contribution in [1.82, 2.24) is 4.90 Å². The normalized spacial score (nSPS) is 19.8. The summed E-state index contributed by atoms with van der Waals surface area (Å²) in [4.78, 5) is 2.38. The SMILES string of the molecule is CC(C)C1CN([C@H](CO)c2ccccc2)C1. The standard InChI is InChI=1S/C14H21NO/c1-11(2)13-8-15(9-13)14(10-16)12-6-4-3-5-7-12/h3-7,11,13-14,16H,8-10H2,1-2H3/t14-/m1/s1. The Morgan fingerprint density at radius 2 is 1.88 bits per heavy atom. The molecular weight excluding hydrogens is 198 g/mol. The summed E-state index contributed by atoms with van der Waals surface area (Å²) < 4.78 is 0. The van der Waals surface area contributed by atoms with Crippen molar-refractivity contribution in [2.24, 2.45) is 11.8 Å². The van der Waals surface area contributed by atoms with Crippen LogP contribution in [-0.2, 0) is 0 Å². The van der Waals surface area contributed by atoms with E-state index in [4.69, 9.17) is 0 Å². The quantitative estimate of drug-likeness (QED) is 0.840. The average Bonchev–Trinajstić information content (AvgIpc) is 2.23. The van der Waals surface area contributed by atoms with Gasteiger partial charge in [-0.1, -0.05) is 44.2 Å². The molecule has 0 spiro atoms. The van der Waals surface area contributed by atoms with Crippen LogP contribution in [0.4, 0.5) is 0 Å². The van der Waals surface area contributed by atoms with E-state index < -0.39 is 0 Å². The Hall–Kier alpha value is -0.860. The molecule has 1 heterocycles. The zero-order valence-corrected chi connectivity index (χ0v) is 10.1. The second-order valence-electron chi connectivity index (χ2n) is 5.07. The first-order valence-electron chi connectivity index (χ1n) is 6.12. The molecule has 1 atom stereocenters. The van der Waals surface area contributed by atoms with Crippen molar-refractivity contribution in [1.29, 1.82) is 0 Å². The number of aliphatic hydroxyl groups excluding tert-OH is 1. The zero-order valence-electron chi connectivity index (χ0n) is 10.1. The lowest BCUT2D eigenvalue weighted by Crippen LogP contribution is -2.51. The molecule has 88 valence electrons. The van der Waals surface area contributed by atoms with Gasteiger partial charge in [-0.15, -0.1) is 0 Å². The summed E-state index contributed by atoms with van der Waals surface area (Å²) in [5, 5.41) is 9.50. The van der Waals surface area contributed by atoms with E-state index in [2.05, 4.69) is 30.9 Å². The number of hydrogen-bond donors (Lipinski definition) is 1. The van der Waals surface area contributed by atoms with Crippen LogP contribution in [0.3, 0.4) is 0 Å². The third-order valence-corrected chi connectivity index (χ3v) is 3.68. The summed E-state index contributed by atoms with van der Waals surface area (Å²) in [6.07, 6.45) is 0. The maximum atomic E-state index is 9.50. The van der Waals surface area contributed by atoms with E-state index in [1.807, 2.05) is 18.2 Å². The zero-order chi connectivity index (χ0) is 11.5. The Kier molecular flexibility index (Phi) is 3.62. The van der Waals surface area contributed by atoms with E-state index >= 15 is 0 Å². The van der Waals surface area contributed by atoms with Gasteiger partial charge in [-0.3, -0.25) is 4.90 Å². The lowest BCUT2D eigenvalue weighted by atomic mass is 9.86. The summed E-state index contributed by atoms with van der Waals surface area (Å²) >= 11 is 0. The van der Waals surface area contributed by atoms with Crippen LogP contribution in [0.15, 0.2) is 30.3 Å². The van der Waals surface area contributed by atoms with Crippen LogP contribution in [-0.4, -0.2) is 29.7 Å². The van der Waals surface area contributed by atoms with Crippen molar-refractivity contribution in [3.05, 3.63) is 35.9 Å². The summed E-state index contributed by atoms with van der Waals surface area (Å²) in [5.74, 6) is 1.56. The van der Waals surface area contributed by atoms with Crippen LogP contribution in [0, 0.1) is 11.8 Å². The van der Waals surface area contributed by atoms with Crippen LogP contribution in [0.5, 0.6) is 0 Å². The third kappa shape index (κ3) is 2.28. The maximum Gasteiger partial charge on any atom is 0.0628 e. The molecule has 0 saturated carbocycles. The molecule has 2 heteroatoms. The fraction of sp³-hybridized carbons (Fsp3) is 0.571. The van der Waals surface area contributed by atoms with Crippen LogP contribution >= 0.6 is 0 Å². The highest BCUT2D eigenvalue weighted by Gasteiger charge is 2.33. The first-order chi connectivity index (χ1) is 7.72. The van der Waals surface area contributed by atoms with E-state index in [9.17, 15) is 5.11 Å². The van der Waals surface area contributed by atoms with Crippen LogP contribution < -0.4 is 0 Å². The first kappa shape index (κ1) is 11.6. The fourth-order valence-electron chi connectivity index (χ4n) is 2.33. The van der Waals surface area contributed by atoms with Crippen LogP contribution in [0.2, 0.25) is 0 Å². The van der Waals surface area contributed by atoms with Gasteiger partial charge < -0.3 is 5.11 Å². The predicted octanol–water partition coefficient (Wildman–Crippen LogP) is 2.31. The van der Waals surface area contributed by atoms with Gasteiger partial charge in [0.2, 0.25) is 0 Å². The fourth-order valence-corrected chi connectivity index (χ4v) is 2.33. The molecule has 1 aromatic rings. The monoisotopic (exact) mass is 219 g/mol. The smallest absolute Gasteiger partial charge is 0.0628 e. The number of aliphatic hydroxyl groups is 1. The van der Waals surface area contributed by atoms with Crippen molar-refractivity contribution in [3.8, 4) is 0 Å². The average molecular weight is 219 g/mol. The Bertz CT molecular complexity index is 317. The molecule has 1 saturated heterocycles. The van der Waals surface area contributed by atoms with Gasteiger partial charge >= 0.3 is 0 Å². The van der Waals surface area contributed by atoms with Gasteiger partial charge in [0, 0.05) is 13.1 Å². The molecule has 0 unspecified atom stereocenters. The molecule has 1 aliphatic rings. The number of benzene rings is 1. The Morgan fingerprint density at radius 3 is 2.38 bits per heavy atom. The molecule has 2 rings (SSSR count). The molecule has 1 fully saturated rings. The number of rotatable bonds is 4. The molecule has 1 aliphatic heterocycles. The first-order valence-corrected chi connectivity index (χ1v) is 6.12. The van der Waals surface area contributed by atoms with E-state index in [1.165, 1.54) is 5.56 Å². The Balaban J connectivity index is 1.98. The molecule has 0 bridgehead atoms. The molecular formula is C14H21NO. The lowest BCUT2D eigenvalue weighted by Gasteiger charge is -2.45. The van der Waals surface area contributed by atoms with Crippen molar-refractivity contribution >= 4 is 0 Å². The Morgan fingerprint density at radius 1 is 1.25 bits per heavy atom. The van der Waals surface area contributed by atoms with E-state index in [0.29, 0.717) is 0 Å². The van der Waals surface area contributed by atoms with Gasteiger partial charge in [0.1, 0.15) is 0 Å². The van der Waals surface area contributed by atoms with E-state index in [1.54, 1.807) is 0 Å². The molecule has 0 aromatic heterocycles. The Labute approximate surface area is 97.9 Å². The molecule has 0 radical (unpaired) electrons. The van der Waals surface area contributed by atoms with Crippen molar-refractivity contribution < 1.29 is 5.11 Å². The van der Waals surface area contributed by atoms with E-state index in [0.717, 1.165) is 24.9 Å². The lowest BCUT2D eigenvalue weighted by molar-refractivity contribution is 0.00385. The van der Waals surface area contributed by atoms with Gasteiger partial charge in [0.05, 0.1) is 12.6 Å². The van der Waals surface area contributed by atoms with Gasteiger partial charge in [-0.2, -0.15) is 0 Å². The van der Waals surface area contributed by atoms with Crippen molar-refractivity contribution in [2.45, 2.75) is 19.9 Å². The van der Waals surface area contributed by atoms with Gasteiger partial charge in [-0.25, -0.2) is 0 Å². The molecule has 2 nitrogen and oxygen atoms in total. The molecule has 1 aromatic carbocycles. The van der Waals surface area contributed by atoms with Gasteiger partial charge in [0.25, 0.3) is 0 Å². The predicted molar refractivity (Wildman–Crippen MR) is 66.2 cm³/mol. The second-order valence-corrected chi connectivity index (χ2v) is 5.07. The van der Waals surface area contributed by atoms with E-state index in [-0.39, 0.29) is 12.6 Å². The van der Waals surface area contributed by atoms with Crippen LogP contribution in [0.25, 0.3) is 0 Å². The number of likely N-dealkylation sites (tertiary alicyclic amines) is 1. The second kappa shape index (κ2) is 4.98. The largest absolute Gasteiger partial charge is 0.394 e. The minimum absolute atomic E-state index is 0.191. The highest BCUT2D eigenvalue weighted by molar-refractivity contribution is 5.19. The summed E-state index contributed by atoms with van der Waals surface area (Å²) in [6, 6.07) is 10.5. The van der Waals surface area contributed by atoms with Gasteiger partial charge in [-0.05, 0) is 17.4 Å². The van der Waals surface area contributed by atoms with Crippen LogP contribution in [0.1, 0.15) is 25.5 Å².